The minimum absolute atomic E-state index is 0.426. The van der Waals surface area contributed by atoms with Gasteiger partial charge in [0.25, 0.3) is 0 Å². The van der Waals surface area contributed by atoms with Crippen LogP contribution in [-0.2, 0) is 6.54 Å². The number of benzene rings is 1. The third kappa shape index (κ3) is 2.96. The van der Waals surface area contributed by atoms with E-state index in [1.165, 1.54) is 5.56 Å². The summed E-state index contributed by atoms with van der Waals surface area (Å²) in [6, 6.07) is 6.24. The highest BCUT2D eigenvalue weighted by Gasteiger charge is 2.10. The zero-order valence-corrected chi connectivity index (χ0v) is 11.9. The Balaban J connectivity index is 2.36. The summed E-state index contributed by atoms with van der Waals surface area (Å²) in [5.74, 6) is 2.31. The predicted molar refractivity (Wildman–Crippen MR) is 77.4 cm³/mol. The first-order valence-electron chi connectivity index (χ1n) is 6.52. The van der Waals surface area contributed by atoms with E-state index in [-0.39, 0.29) is 0 Å². The fourth-order valence-corrected chi connectivity index (χ4v) is 2.12. The second kappa shape index (κ2) is 5.89. The van der Waals surface area contributed by atoms with Gasteiger partial charge in [0.2, 0.25) is 0 Å². The Morgan fingerprint density at radius 2 is 2.16 bits per heavy atom. The van der Waals surface area contributed by atoms with Crippen LogP contribution in [0, 0.1) is 0 Å². The van der Waals surface area contributed by atoms with Gasteiger partial charge < -0.3 is 15.0 Å². The van der Waals surface area contributed by atoms with Gasteiger partial charge in [0.05, 0.1) is 25.5 Å². The van der Waals surface area contributed by atoms with Gasteiger partial charge in [-0.1, -0.05) is 13.8 Å². The predicted octanol–water partition coefficient (Wildman–Crippen LogP) is 2.93. The van der Waals surface area contributed by atoms with E-state index in [0.29, 0.717) is 5.92 Å². The van der Waals surface area contributed by atoms with Gasteiger partial charge in [0.15, 0.2) is 0 Å². The highest BCUT2D eigenvalue weighted by Crippen LogP contribution is 2.30. The number of imidazole rings is 1. The first kappa shape index (κ1) is 13.6. The number of H-pyrrole nitrogens is 1. The fourth-order valence-electron chi connectivity index (χ4n) is 2.12. The van der Waals surface area contributed by atoms with Crippen LogP contribution in [0.5, 0.6) is 5.75 Å². The standard InChI is InChI=1S/C15H21N3O/c1-10(2)12-7-11(5-6-14(12)19-4)13-8-17-15(18-13)9-16-3/h5-8,10,16H,9H2,1-4H3,(H,17,18). The normalized spacial score (nSPS) is 11.0. The molecule has 0 saturated heterocycles. The first-order chi connectivity index (χ1) is 9.15. The van der Waals surface area contributed by atoms with Crippen LogP contribution in [0.1, 0.15) is 31.2 Å². The molecular weight excluding hydrogens is 238 g/mol. The van der Waals surface area contributed by atoms with Crippen LogP contribution in [0.3, 0.4) is 0 Å². The van der Waals surface area contributed by atoms with Gasteiger partial charge in [-0.15, -0.1) is 0 Å². The molecule has 0 bridgehead atoms. The van der Waals surface area contributed by atoms with E-state index in [1.54, 1.807) is 7.11 Å². The van der Waals surface area contributed by atoms with Crippen LogP contribution < -0.4 is 10.1 Å². The number of aromatic nitrogens is 2. The molecule has 4 nitrogen and oxygen atoms in total. The molecule has 102 valence electrons. The summed E-state index contributed by atoms with van der Waals surface area (Å²) in [7, 11) is 3.62. The zero-order valence-electron chi connectivity index (χ0n) is 11.9. The molecule has 1 aromatic carbocycles. The molecule has 0 saturated carbocycles. The van der Waals surface area contributed by atoms with Crippen LogP contribution >= 0.6 is 0 Å². The minimum Gasteiger partial charge on any atom is -0.496 e. The smallest absolute Gasteiger partial charge is 0.122 e. The van der Waals surface area contributed by atoms with Crippen molar-refractivity contribution in [3.8, 4) is 17.0 Å². The summed E-state index contributed by atoms with van der Waals surface area (Å²) < 4.78 is 5.41. The fraction of sp³-hybridized carbons (Fsp3) is 0.400. The molecule has 0 atom stereocenters. The van der Waals surface area contributed by atoms with E-state index in [1.807, 2.05) is 19.3 Å². The van der Waals surface area contributed by atoms with E-state index in [2.05, 4.69) is 41.3 Å². The molecule has 0 fully saturated rings. The largest absolute Gasteiger partial charge is 0.496 e. The third-order valence-corrected chi connectivity index (χ3v) is 3.14. The first-order valence-corrected chi connectivity index (χ1v) is 6.52. The lowest BCUT2D eigenvalue weighted by atomic mass is 9.98. The molecule has 0 spiro atoms. The summed E-state index contributed by atoms with van der Waals surface area (Å²) in [4.78, 5) is 7.67. The van der Waals surface area contributed by atoms with Crippen molar-refractivity contribution in [3.05, 3.63) is 35.8 Å². The van der Waals surface area contributed by atoms with Crippen molar-refractivity contribution in [1.29, 1.82) is 0 Å². The Morgan fingerprint density at radius 1 is 1.37 bits per heavy atom. The molecule has 2 N–H and O–H groups in total. The second-order valence-electron chi connectivity index (χ2n) is 4.89. The van der Waals surface area contributed by atoms with Crippen molar-refractivity contribution in [2.24, 2.45) is 0 Å². The van der Waals surface area contributed by atoms with Crippen molar-refractivity contribution in [1.82, 2.24) is 15.3 Å². The molecule has 0 aliphatic carbocycles. The van der Waals surface area contributed by atoms with Crippen molar-refractivity contribution >= 4 is 0 Å². The van der Waals surface area contributed by atoms with Crippen LogP contribution in [0.2, 0.25) is 0 Å². The van der Waals surface area contributed by atoms with Gasteiger partial charge >= 0.3 is 0 Å². The Bertz CT molecular complexity index is 546. The molecule has 0 radical (unpaired) electrons. The summed E-state index contributed by atoms with van der Waals surface area (Å²) in [5.41, 5.74) is 3.39. The van der Waals surface area contributed by atoms with E-state index >= 15 is 0 Å². The Kier molecular flexibility index (Phi) is 4.22. The molecule has 19 heavy (non-hydrogen) atoms. The molecule has 0 aliphatic rings. The number of methoxy groups -OCH3 is 1. The van der Waals surface area contributed by atoms with Crippen LogP contribution in [0.4, 0.5) is 0 Å². The molecule has 1 aromatic heterocycles. The molecule has 4 heteroatoms. The SMILES string of the molecule is CNCc1ncc(-c2ccc(OC)c(C(C)C)c2)[nH]1. The number of hydrogen-bond donors (Lipinski definition) is 2. The summed E-state index contributed by atoms with van der Waals surface area (Å²) in [6.07, 6.45) is 1.87. The number of nitrogens with zero attached hydrogens (tertiary/aromatic N) is 1. The number of nitrogens with one attached hydrogen (secondary N) is 2. The average Bonchev–Trinajstić information content (AvgIpc) is 2.87. The molecule has 2 aromatic rings. The van der Waals surface area contributed by atoms with Crippen molar-refractivity contribution in [3.63, 3.8) is 0 Å². The number of aromatic amines is 1. The van der Waals surface area contributed by atoms with Gasteiger partial charge in [0, 0.05) is 5.56 Å². The maximum Gasteiger partial charge on any atom is 0.122 e. The zero-order chi connectivity index (χ0) is 13.8. The lowest BCUT2D eigenvalue weighted by Gasteiger charge is -2.13. The van der Waals surface area contributed by atoms with Crippen LogP contribution in [-0.4, -0.2) is 24.1 Å². The molecule has 0 aliphatic heterocycles. The third-order valence-electron chi connectivity index (χ3n) is 3.14. The Hall–Kier alpha value is -1.81. The maximum atomic E-state index is 5.41. The summed E-state index contributed by atoms with van der Waals surface area (Å²) >= 11 is 0. The topological polar surface area (TPSA) is 49.9 Å². The highest BCUT2D eigenvalue weighted by atomic mass is 16.5. The monoisotopic (exact) mass is 259 g/mol. The average molecular weight is 259 g/mol. The highest BCUT2D eigenvalue weighted by molar-refractivity contribution is 5.62. The Labute approximate surface area is 114 Å². The number of rotatable bonds is 5. The lowest BCUT2D eigenvalue weighted by molar-refractivity contribution is 0.407. The van der Waals surface area contributed by atoms with Gasteiger partial charge in [-0.3, -0.25) is 0 Å². The van der Waals surface area contributed by atoms with E-state index in [9.17, 15) is 0 Å². The Morgan fingerprint density at radius 3 is 2.79 bits per heavy atom. The number of hydrogen-bond acceptors (Lipinski definition) is 3. The van der Waals surface area contributed by atoms with E-state index < -0.39 is 0 Å². The maximum absolute atomic E-state index is 5.41. The molecular formula is C15H21N3O. The molecule has 0 unspecified atom stereocenters. The van der Waals surface area contributed by atoms with Crippen molar-refractivity contribution in [2.75, 3.05) is 14.2 Å². The van der Waals surface area contributed by atoms with Crippen molar-refractivity contribution in [2.45, 2.75) is 26.3 Å². The summed E-state index contributed by atoms with van der Waals surface area (Å²) in [6.45, 7) is 5.08. The molecule has 1 heterocycles. The van der Waals surface area contributed by atoms with Crippen LogP contribution in [0.25, 0.3) is 11.3 Å². The second-order valence-corrected chi connectivity index (χ2v) is 4.89. The van der Waals surface area contributed by atoms with Gasteiger partial charge in [-0.25, -0.2) is 4.98 Å². The number of ether oxygens (including phenoxy) is 1. The molecule has 2 rings (SSSR count). The van der Waals surface area contributed by atoms with Crippen molar-refractivity contribution < 1.29 is 4.74 Å². The lowest BCUT2D eigenvalue weighted by Crippen LogP contribution is -2.06. The van der Waals surface area contributed by atoms with E-state index in [0.717, 1.165) is 29.4 Å². The van der Waals surface area contributed by atoms with Gasteiger partial charge in [-0.05, 0) is 36.7 Å². The van der Waals surface area contributed by atoms with Gasteiger partial charge in [-0.2, -0.15) is 0 Å². The van der Waals surface area contributed by atoms with E-state index in [4.69, 9.17) is 4.74 Å². The minimum atomic E-state index is 0.426. The van der Waals surface area contributed by atoms with Gasteiger partial charge in [0.1, 0.15) is 11.6 Å². The van der Waals surface area contributed by atoms with Crippen LogP contribution in [0.15, 0.2) is 24.4 Å². The molecule has 0 amide bonds. The quantitative estimate of drug-likeness (QED) is 0.868. The summed E-state index contributed by atoms with van der Waals surface area (Å²) in [5, 5.41) is 3.08.